The van der Waals surface area contributed by atoms with E-state index in [1.807, 2.05) is 0 Å². The van der Waals surface area contributed by atoms with E-state index in [0.717, 1.165) is 12.3 Å². The number of methoxy groups -OCH3 is 1. The van der Waals surface area contributed by atoms with Crippen LogP contribution in [0.5, 0.6) is 0 Å². The van der Waals surface area contributed by atoms with Crippen LogP contribution in [0.2, 0.25) is 0 Å². The SMILES string of the molecule is CCC1CCC(C(N)C(CC)OC)CC1. The molecule has 0 radical (unpaired) electrons. The van der Waals surface area contributed by atoms with Crippen LogP contribution >= 0.6 is 0 Å². The molecule has 2 atom stereocenters. The van der Waals surface area contributed by atoms with Crippen molar-refractivity contribution in [3.8, 4) is 0 Å². The van der Waals surface area contributed by atoms with Gasteiger partial charge in [-0.15, -0.1) is 0 Å². The molecular weight excluding hydrogens is 186 g/mol. The maximum absolute atomic E-state index is 6.28. The molecular formula is C13H27NO. The molecule has 0 heterocycles. The molecule has 0 aromatic heterocycles. The second kappa shape index (κ2) is 6.49. The highest BCUT2D eigenvalue weighted by atomic mass is 16.5. The van der Waals surface area contributed by atoms with E-state index in [9.17, 15) is 0 Å². The summed E-state index contributed by atoms with van der Waals surface area (Å²) in [5.74, 6) is 1.65. The summed E-state index contributed by atoms with van der Waals surface area (Å²) in [4.78, 5) is 0. The molecule has 2 nitrogen and oxygen atoms in total. The zero-order chi connectivity index (χ0) is 11.3. The molecule has 0 aliphatic heterocycles. The molecule has 2 heteroatoms. The minimum Gasteiger partial charge on any atom is -0.380 e. The fraction of sp³-hybridized carbons (Fsp3) is 1.00. The van der Waals surface area contributed by atoms with Crippen molar-refractivity contribution in [3.05, 3.63) is 0 Å². The van der Waals surface area contributed by atoms with Gasteiger partial charge in [0.05, 0.1) is 6.10 Å². The Balaban J connectivity index is 2.38. The smallest absolute Gasteiger partial charge is 0.0722 e. The Bertz CT molecular complexity index is 160. The van der Waals surface area contributed by atoms with E-state index >= 15 is 0 Å². The maximum atomic E-state index is 6.28. The Morgan fingerprint density at radius 1 is 1.20 bits per heavy atom. The van der Waals surface area contributed by atoms with Crippen molar-refractivity contribution >= 4 is 0 Å². The van der Waals surface area contributed by atoms with Crippen LogP contribution in [-0.2, 0) is 4.74 Å². The first-order chi connectivity index (χ1) is 7.22. The van der Waals surface area contributed by atoms with Gasteiger partial charge in [-0.2, -0.15) is 0 Å². The van der Waals surface area contributed by atoms with Gasteiger partial charge in [-0.25, -0.2) is 0 Å². The van der Waals surface area contributed by atoms with E-state index in [1.54, 1.807) is 7.11 Å². The Morgan fingerprint density at radius 3 is 2.20 bits per heavy atom. The second-order valence-electron chi connectivity index (χ2n) is 4.95. The first kappa shape index (κ1) is 13.0. The monoisotopic (exact) mass is 213 g/mol. The van der Waals surface area contributed by atoms with Crippen molar-refractivity contribution in [1.82, 2.24) is 0 Å². The second-order valence-corrected chi connectivity index (χ2v) is 4.95. The summed E-state index contributed by atoms with van der Waals surface area (Å²) < 4.78 is 5.44. The average Bonchev–Trinajstić information content (AvgIpc) is 2.30. The maximum Gasteiger partial charge on any atom is 0.0722 e. The van der Waals surface area contributed by atoms with E-state index in [2.05, 4.69) is 13.8 Å². The molecule has 1 aliphatic rings. The molecule has 90 valence electrons. The lowest BCUT2D eigenvalue weighted by Crippen LogP contribution is -2.43. The minimum absolute atomic E-state index is 0.248. The predicted octanol–water partition coefficient (Wildman–Crippen LogP) is 2.96. The van der Waals surface area contributed by atoms with Gasteiger partial charge in [0.25, 0.3) is 0 Å². The highest BCUT2D eigenvalue weighted by Crippen LogP contribution is 2.33. The van der Waals surface area contributed by atoms with Gasteiger partial charge in [-0.05, 0) is 31.1 Å². The number of ether oxygens (including phenoxy) is 1. The summed E-state index contributed by atoms with van der Waals surface area (Å²) in [5, 5.41) is 0. The molecule has 15 heavy (non-hydrogen) atoms. The normalized spacial score (nSPS) is 31.2. The molecule has 0 saturated heterocycles. The van der Waals surface area contributed by atoms with Gasteiger partial charge in [0.15, 0.2) is 0 Å². The van der Waals surface area contributed by atoms with Crippen LogP contribution in [0.15, 0.2) is 0 Å². The van der Waals surface area contributed by atoms with E-state index in [1.165, 1.54) is 32.1 Å². The zero-order valence-corrected chi connectivity index (χ0v) is 10.5. The number of rotatable bonds is 5. The molecule has 1 fully saturated rings. The van der Waals surface area contributed by atoms with E-state index in [-0.39, 0.29) is 12.1 Å². The molecule has 0 bridgehead atoms. The van der Waals surface area contributed by atoms with Crippen LogP contribution in [-0.4, -0.2) is 19.3 Å². The summed E-state index contributed by atoms with van der Waals surface area (Å²) in [6.45, 7) is 4.46. The van der Waals surface area contributed by atoms with Crippen molar-refractivity contribution in [1.29, 1.82) is 0 Å². The Hall–Kier alpha value is -0.0800. The van der Waals surface area contributed by atoms with Crippen molar-refractivity contribution in [2.24, 2.45) is 17.6 Å². The molecule has 1 rings (SSSR count). The van der Waals surface area contributed by atoms with Gasteiger partial charge in [-0.3, -0.25) is 0 Å². The van der Waals surface area contributed by atoms with Crippen molar-refractivity contribution in [3.63, 3.8) is 0 Å². The zero-order valence-electron chi connectivity index (χ0n) is 10.5. The molecule has 2 N–H and O–H groups in total. The third-order valence-electron chi connectivity index (χ3n) is 4.15. The lowest BCUT2D eigenvalue weighted by molar-refractivity contribution is 0.0476. The summed E-state index contributed by atoms with van der Waals surface area (Å²) in [5.41, 5.74) is 6.28. The molecule has 0 spiro atoms. The van der Waals surface area contributed by atoms with Gasteiger partial charge in [0.1, 0.15) is 0 Å². The van der Waals surface area contributed by atoms with Gasteiger partial charge >= 0.3 is 0 Å². The Morgan fingerprint density at radius 2 is 1.80 bits per heavy atom. The molecule has 0 amide bonds. The molecule has 1 aliphatic carbocycles. The van der Waals surface area contributed by atoms with Crippen LogP contribution in [0.3, 0.4) is 0 Å². The lowest BCUT2D eigenvalue weighted by atomic mass is 9.76. The summed E-state index contributed by atoms with van der Waals surface area (Å²) in [6, 6.07) is 0.248. The topological polar surface area (TPSA) is 35.2 Å². The third-order valence-corrected chi connectivity index (χ3v) is 4.15. The van der Waals surface area contributed by atoms with Crippen LogP contribution in [0.1, 0.15) is 52.4 Å². The average molecular weight is 213 g/mol. The fourth-order valence-electron chi connectivity index (χ4n) is 2.88. The van der Waals surface area contributed by atoms with Crippen LogP contribution in [0, 0.1) is 11.8 Å². The van der Waals surface area contributed by atoms with Crippen molar-refractivity contribution < 1.29 is 4.74 Å². The quantitative estimate of drug-likeness (QED) is 0.762. The van der Waals surface area contributed by atoms with Crippen LogP contribution in [0.25, 0.3) is 0 Å². The first-order valence-corrected chi connectivity index (χ1v) is 6.51. The number of hydrogen-bond acceptors (Lipinski definition) is 2. The van der Waals surface area contributed by atoms with E-state index in [4.69, 9.17) is 10.5 Å². The molecule has 0 aromatic rings. The van der Waals surface area contributed by atoms with E-state index < -0.39 is 0 Å². The van der Waals surface area contributed by atoms with Gasteiger partial charge in [0, 0.05) is 13.2 Å². The molecule has 0 aromatic carbocycles. The molecule has 1 saturated carbocycles. The van der Waals surface area contributed by atoms with Gasteiger partial charge in [-0.1, -0.05) is 33.1 Å². The highest BCUT2D eigenvalue weighted by Gasteiger charge is 2.28. The van der Waals surface area contributed by atoms with Crippen LogP contribution in [0.4, 0.5) is 0 Å². The number of hydrogen-bond donors (Lipinski definition) is 1. The summed E-state index contributed by atoms with van der Waals surface area (Å²) >= 11 is 0. The fourth-order valence-corrected chi connectivity index (χ4v) is 2.88. The largest absolute Gasteiger partial charge is 0.380 e. The Kier molecular flexibility index (Phi) is 5.62. The van der Waals surface area contributed by atoms with E-state index in [0.29, 0.717) is 5.92 Å². The van der Waals surface area contributed by atoms with Gasteiger partial charge in [0.2, 0.25) is 0 Å². The van der Waals surface area contributed by atoms with Crippen LogP contribution < -0.4 is 5.73 Å². The summed E-state index contributed by atoms with van der Waals surface area (Å²) in [7, 11) is 1.78. The number of nitrogens with two attached hydrogens (primary N) is 1. The molecule has 2 unspecified atom stereocenters. The lowest BCUT2D eigenvalue weighted by Gasteiger charge is -2.34. The first-order valence-electron chi connectivity index (χ1n) is 6.51. The third kappa shape index (κ3) is 3.46. The Labute approximate surface area is 94.6 Å². The van der Waals surface area contributed by atoms with Gasteiger partial charge < -0.3 is 10.5 Å². The standard InChI is InChI=1S/C13H27NO/c1-4-10-6-8-11(9-7-10)13(14)12(5-2)15-3/h10-13H,4-9,14H2,1-3H3. The minimum atomic E-state index is 0.248. The summed E-state index contributed by atoms with van der Waals surface area (Å²) in [6.07, 6.45) is 7.98. The van der Waals surface area contributed by atoms with Crippen molar-refractivity contribution in [2.45, 2.75) is 64.5 Å². The highest BCUT2D eigenvalue weighted by molar-refractivity contribution is 4.84. The predicted molar refractivity (Wildman–Crippen MR) is 64.8 cm³/mol. The van der Waals surface area contributed by atoms with Crippen molar-refractivity contribution in [2.75, 3.05) is 7.11 Å².